The molecule has 0 saturated carbocycles. The van der Waals surface area contributed by atoms with Crippen LogP contribution < -0.4 is 5.32 Å². The predicted molar refractivity (Wildman–Crippen MR) is 73.3 cm³/mol. The normalized spacial score (nSPS) is 19.7. The Balaban J connectivity index is 1.76. The van der Waals surface area contributed by atoms with Crippen LogP contribution in [0.2, 0.25) is 0 Å². The Morgan fingerprint density at radius 1 is 1.47 bits per heavy atom. The van der Waals surface area contributed by atoms with Crippen molar-refractivity contribution in [1.82, 2.24) is 10.3 Å². The van der Waals surface area contributed by atoms with Gasteiger partial charge in [0.25, 0.3) is 0 Å². The van der Waals surface area contributed by atoms with Crippen LogP contribution in [0.3, 0.4) is 0 Å². The maximum absolute atomic E-state index is 12.3. The third-order valence-corrected chi connectivity index (χ3v) is 3.66. The number of hydrogen-bond acceptors (Lipinski definition) is 4. The van der Waals surface area contributed by atoms with Crippen LogP contribution in [-0.4, -0.2) is 23.4 Å². The van der Waals surface area contributed by atoms with Crippen LogP contribution >= 0.6 is 0 Å². The molecular weight excluding hydrogens is 240 g/mol. The molecule has 0 radical (unpaired) electrons. The summed E-state index contributed by atoms with van der Waals surface area (Å²) in [7, 11) is 0. The highest BCUT2D eigenvalue weighted by molar-refractivity contribution is 5.99. The van der Waals surface area contributed by atoms with Crippen molar-refractivity contribution >= 4 is 16.9 Å². The number of Topliss-reactive ketones (excluding diaryl/α,β-unsaturated/α-hetero) is 1. The van der Waals surface area contributed by atoms with E-state index in [1.807, 2.05) is 25.1 Å². The molecule has 0 spiro atoms. The van der Waals surface area contributed by atoms with E-state index in [4.69, 9.17) is 4.42 Å². The summed E-state index contributed by atoms with van der Waals surface area (Å²) in [5.74, 6) is 0.815. The van der Waals surface area contributed by atoms with E-state index in [0.717, 1.165) is 29.6 Å². The molecule has 4 heteroatoms. The number of fused-ring (bicyclic) bond motifs is 1. The zero-order valence-corrected chi connectivity index (χ0v) is 11.1. The second kappa shape index (κ2) is 5.13. The molecule has 2 heterocycles. The summed E-state index contributed by atoms with van der Waals surface area (Å²) < 4.78 is 5.42. The van der Waals surface area contributed by atoms with Crippen molar-refractivity contribution in [3.63, 3.8) is 0 Å². The number of aromatic nitrogens is 1. The summed E-state index contributed by atoms with van der Waals surface area (Å²) in [6.07, 6.45) is 4.10. The van der Waals surface area contributed by atoms with Crippen LogP contribution in [0.15, 0.2) is 22.6 Å². The molecule has 0 bridgehead atoms. The second-order valence-corrected chi connectivity index (χ2v) is 5.19. The monoisotopic (exact) mass is 258 g/mol. The highest BCUT2D eigenvalue weighted by Gasteiger charge is 2.18. The number of nitrogens with one attached hydrogen (secondary N) is 1. The molecule has 19 heavy (non-hydrogen) atoms. The molecule has 1 aliphatic heterocycles. The minimum absolute atomic E-state index is 0.182. The molecule has 4 nitrogen and oxygen atoms in total. The van der Waals surface area contributed by atoms with Gasteiger partial charge in [-0.1, -0.05) is 6.42 Å². The van der Waals surface area contributed by atoms with Crippen molar-refractivity contribution in [2.75, 3.05) is 6.54 Å². The van der Waals surface area contributed by atoms with Gasteiger partial charge in [0.2, 0.25) is 0 Å². The third-order valence-electron chi connectivity index (χ3n) is 3.66. The van der Waals surface area contributed by atoms with Gasteiger partial charge in [0, 0.05) is 24.9 Å². The molecule has 1 aromatic heterocycles. The summed E-state index contributed by atoms with van der Waals surface area (Å²) in [5, 5.41) is 3.41. The molecule has 1 atom stereocenters. The van der Waals surface area contributed by atoms with Crippen molar-refractivity contribution in [2.45, 2.75) is 38.6 Å². The quantitative estimate of drug-likeness (QED) is 0.860. The first-order valence-corrected chi connectivity index (χ1v) is 6.86. The van der Waals surface area contributed by atoms with Gasteiger partial charge in [-0.15, -0.1) is 0 Å². The first kappa shape index (κ1) is 12.4. The lowest BCUT2D eigenvalue weighted by Crippen LogP contribution is -2.35. The highest BCUT2D eigenvalue weighted by atomic mass is 16.3. The van der Waals surface area contributed by atoms with Gasteiger partial charge in [-0.05, 0) is 37.6 Å². The Labute approximate surface area is 112 Å². The fraction of sp³-hybridized carbons (Fsp3) is 0.467. The average molecular weight is 258 g/mol. The van der Waals surface area contributed by atoms with Crippen molar-refractivity contribution < 1.29 is 9.21 Å². The Bertz CT molecular complexity index is 597. The van der Waals surface area contributed by atoms with E-state index in [0.29, 0.717) is 18.4 Å². The smallest absolute Gasteiger partial charge is 0.192 e. The average Bonchev–Trinajstić information content (AvgIpc) is 2.78. The van der Waals surface area contributed by atoms with Crippen molar-refractivity contribution in [1.29, 1.82) is 0 Å². The predicted octanol–water partition coefficient (Wildman–Crippen LogP) is 2.85. The molecule has 0 amide bonds. The summed E-state index contributed by atoms with van der Waals surface area (Å²) in [5.41, 5.74) is 2.23. The zero-order valence-electron chi connectivity index (χ0n) is 11.1. The summed E-state index contributed by atoms with van der Waals surface area (Å²) in [6, 6.07) is 5.82. The van der Waals surface area contributed by atoms with Gasteiger partial charge in [0.05, 0.1) is 0 Å². The zero-order chi connectivity index (χ0) is 13.2. The number of piperidine rings is 1. The first-order valence-electron chi connectivity index (χ1n) is 6.86. The summed E-state index contributed by atoms with van der Waals surface area (Å²) >= 11 is 0. The third kappa shape index (κ3) is 2.68. The summed E-state index contributed by atoms with van der Waals surface area (Å²) in [6.45, 7) is 2.84. The topological polar surface area (TPSA) is 55.1 Å². The number of rotatable bonds is 3. The standard InChI is InChI=1S/C15H18N2O2/c1-10-17-13-8-11(5-6-15(13)19-10)14(18)9-12-4-2-3-7-16-12/h5-6,8,12,16H,2-4,7,9H2,1H3. The Hall–Kier alpha value is -1.68. The van der Waals surface area contributed by atoms with E-state index < -0.39 is 0 Å². The number of carbonyl (C=O) groups is 1. The van der Waals surface area contributed by atoms with Gasteiger partial charge in [-0.3, -0.25) is 4.79 Å². The number of ketones is 1. The SMILES string of the molecule is Cc1nc2cc(C(=O)CC3CCCCN3)ccc2o1. The van der Waals surface area contributed by atoms with Gasteiger partial charge >= 0.3 is 0 Å². The van der Waals surface area contributed by atoms with Crippen molar-refractivity contribution in [3.05, 3.63) is 29.7 Å². The van der Waals surface area contributed by atoms with Gasteiger partial charge in [-0.2, -0.15) is 0 Å². The fourth-order valence-electron chi connectivity index (χ4n) is 2.66. The molecule has 2 aromatic rings. The number of aryl methyl sites for hydroxylation is 1. The van der Waals surface area contributed by atoms with E-state index in [1.54, 1.807) is 0 Å². The molecule has 1 aromatic carbocycles. The van der Waals surface area contributed by atoms with Crippen molar-refractivity contribution in [2.24, 2.45) is 0 Å². The molecule has 1 N–H and O–H groups in total. The van der Waals surface area contributed by atoms with Crippen LogP contribution in [0, 0.1) is 6.92 Å². The van der Waals surface area contributed by atoms with E-state index in [9.17, 15) is 4.79 Å². The lowest BCUT2D eigenvalue weighted by molar-refractivity contribution is 0.0964. The maximum atomic E-state index is 12.3. The number of oxazole rings is 1. The van der Waals surface area contributed by atoms with E-state index in [-0.39, 0.29) is 5.78 Å². The van der Waals surface area contributed by atoms with Crippen LogP contribution in [0.1, 0.15) is 41.9 Å². The van der Waals surface area contributed by atoms with Gasteiger partial charge in [0.15, 0.2) is 17.3 Å². The van der Waals surface area contributed by atoms with Crippen LogP contribution in [0.5, 0.6) is 0 Å². The molecule has 0 aliphatic carbocycles. The van der Waals surface area contributed by atoms with E-state index in [2.05, 4.69) is 10.3 Å². The molecule has 1 aliphatic rings. The molecular formula is C15H18N2O2. The Kier molecular flexibility index (Phi) is 3.34. The molecule has 3 rings (SSSR count). The highest BCUT2D eigenvalue weighted by Crippen LogP contribution is 2.19. The Morgan fingerprint density at radius 3 is 3.16 bits per heavy atom. The minimum Gasteiger partial charge on any atom is -0.441 e. The van der Waals surface area contributed by atoms with Crippen molar-refractivity contribution in [3.8, 4) is 0 Å². The van der Waals surface area contributed by atoms with Gasteiger partial charge in [0.1, 0.15) is 5.52 Å². The number of hydrogen-bond donors (Lipinski definition) is 1. The van der Waals surface area contributed by atoms with Crippen LogP contribution in [0.25, 0.3) is 11.1 Å². The molecule has 1 unspecified atom stereocenters. The second-order valence-electron chi connectivity index (χ2n) is 5.19. The molecule has 100 valence electrons. The summed E-state index contributed by atoms with van der Waals surface area (Å²) in [4.78, 5) is 16.5. The maximum Gasteiger partial charge on any atom is 0.192 e. The fourth-order valence-corrected chi connectivity index (χ4v) is 2.66. The Morgan fingerprint density at radius 2 is 2.37 bits per heavy atom. The number of carbonyl (C=O) groups excluding carboxylic acids is 1. The molecule has 1 saturated heterocycles. The lowest BCUT2D eigenvalue weighted by atomic mass is 9.97. The number of nitrogens with zero attached hydrogens (tertiary/aromatic N) is 1. The lowest BCUT2D eigenvalue weighted by Gasteiger charge is -2.22. The first-order chi connectivity index (χ1) is 9.22. The van der Waals surface area contributed by atoms with Crippen LogP contribution in [0.4, 0.5) is 0 Å². The largest absolute Gasteiger partial charge is 0.441 e. The van der Waals surface area contributed by atoms with E-state index in [1.165, 1.54) is 12.8 Å². The van der Waals surface area contributed by atoms with Gasteiger partial charge < -0.3 is 9.73 Å². The number of benzene rings is 1. The van der Waals surface area contributed by atoms with E-state index >= 15 is 0 Å². The molecule has 1 fully saturated rings. The van der Waals surface area contributed by atoms with Gasteiger partial charge in [-0.25, -0.2) is 4.98 Å². The minimum atomic E-state index is 0.182. The van der Waals surface area contributed by atoms with Crippen LogP contribution in [-0.2, 0) is 0 Å².